The minimum absolute atomic E-state index is 0.125. The summed E-state index contributed by atoms with van der Waals surface area (Å²) in [4.78, 5) is 26.5. The molecule has 7 heteroatoms. The van der Waals surface area contributed by atoms with Crippen molar-refractivity contribution in [2.75, 3.05) is 5.32 Å². The fraction of sp³-hybridized carbons (Fsp3) is 0.111. The molecule has 0 fully saturated rings. The van der Waals surface area contributed by atoms with E-state index in [0.29, 0.717) is 16.4 Å². The summed E-state index contributed by atoms with van der Waals surface area (Å²) in [7, 11) is 0. The van der Waals surface area contributed by atoms with Crippen molar-refractivity contribution in [1.29, 1.82) is 0 Å². The summed E-state index contributed by atoms with van der Waals surface area (Å²) >= 11 is 1.21. The lowest BCUT2D eigenvalue weighted by Crippen LogP contribution is -2.10. The molecule has 0 saturated carbocycles. The lowest BCUT2D eigenvalue weighted by atomic mass is 10.3. The second kappa shape index (κ2) is 4.23. The summed E-state index contributed by atoms with van der Waals surface area (Å²) in [6.07, 6.45) is 2.89. The summed E-state index contributed by atoms with van der Waals surface area (Å²) in [5.74, 6) is -0.432. The van der Waals surface area contributed by atoms with Gasteiger partial charge in [-0.05, 0) is 0 Å². The highest BCUT2D eigenvalue weighted by Crippen LogP contribution is 2.16. The predicted molar refractivity (Wildman–Crippen MR) is 58.7 cm³/mol. The molecule has 2 aromatic heterocycles. The second-order valence-electron chi connectivity index (χ2n) is 3.04. The summed E-state index contributed by atoms with van der Waals surface area (Å²) in [5, 5.41) is 10.8. The number of aromatic amines is 1. The molecular formula is C9H8N4O2S. The van der Waals surface area contributed by atoms with E-state index in [1.54, 1.807) is 5.38 Å². The van der Waals surface area contributed by atoms with E-state index < -0.39 is 0 Å². The average molecular weight is 236 g/mol. The maximum Gasteiger partial charge on any atom is 0.260 e. The highest BCUT2D eigenvalue weighted by atomic mass is 32.1. The van der Waals surface area contributed by atoms with Gasteiger partial charge >= 0.3 is 0 Å². The Morgan fingerprint density at radius 2 is 2.31 bits per heavy atom. The molecule has 0 atom stereocenters. The van der Waals surface area contributed by atoms with Gasteiger partial charge in [0.15, 0.2) is 10.9 Å². The maximum absolute atomic E-state index is 11.6. The van der Waals surface area contributed by atoms with Crippen molar-refractivity contribution in [2.45, 2.75) is 6.92 Å². The number of hydrogen-bond donors (Lipinski definition) is 2. The zero-order valence-electron chi connectivity index (χ0n) is 8.35. The number of nitrogens with one attached hydrogen (secondary N) is 2. The van der Waals surface area contributed by atoms with Crippen molar-refractivity contribution < 1.29 is 9.59 Å². The van der Waals surface area contributed by atoms with Gasteiger partial charge in [-0.25, -0.2) is 4.98 Å². The quantitative estimate of drug-likeness (QED) is 0.787. The molecule has 6 nitrogen and oxygen atoms in total. The van der Waals surface area contributed by atoms with Crippen LogP contribution >= 0.6 is 11.3 Å². The minimum Gasteiger partial charge on any atom is -0.298 e. The molecule has 2 aromatic rings. The molecule has 16 heavy (non-hydrogen) atoms. The van der Waals surface area contributed by atoms with E-state index in [1.165, 1.54) is 30.7 Å². The Balaban J connectivity index is 2.09. The molecule has 0 unspecified atom stereocenters. The molecular weight excluding hydrogens is 228 g/mol. The Hall–Kier alpha value is -2.02. The third-order valence-corrected chi connectivity index (χ3v) is 2.60. The average Bonchev–Trinajstić information content (AvgIpc) is 2.87. The van der Waals surface area contributed by atoms with Crippen LogP contribution in [0.5, 0.6) is 0 Å². The van der Waals surface area contributed by atoms with Crippen LogP contribution in [0.25, 0.3) is 0 Å². The zero-order chi connectivity index (χ0) is 11.5. The molecule has 0 aliphatic rings. The first-order chi connectivity index (χ1) is 7.66. The van der Waals surface area contributed by atoms with Crippen LogP contribution in [0.3, 0.4) is 0 Å². The zero-order valence-corrected chi connectivity index (χ0v) is 9.17. The van der Waals surface area contributed by atoms with Crippen molar-refractivity contribution in [1.82, 2.24) is 15.2 Å². The summed E-state index contributed by atoms with van der Waals surface area (Å²) in [6, 6.07) is 0. The molecule has 0 saturated heterocycles. The Kier molecular flexibility index (Phi) is 2.78. The van der Waals surface area contributed by atoms with E-state index in [1.807, 2.05) is 0 Å². The van der Waals surface area contributed by atoms with Crippen LogP contribution in [-0.2, 0) is 0 Å². The SMILES string of the molecule is CC(=O)c1csc(NC(=O)c2cn[nH]c2)n1. The molecule has 0 bridgehead atoms. The first kappa shape index (κ1) is 10.5. The van der Waals surface area contributed by atoms with Crippen molar-refractivity contribution in [2.24, 2.45) is 0 Å². The van der Waals surface area contributed by atoms with Gasteiger partial charge in [-0.1, -0.05) is 0 Å². The van der Waals surface area contributed by atoms with Gasteiger partial charge in [-0.3, -0.25) is 20.0 Å². The number of Topliss-reactive ketones (excluding diaryl/α,β-unsaturated/α-hetero) is 1. The number of aromatic nitrogens is 3. The number of rotatable bonds is 3. The largest absolute Gasteiger partial charge is 0.298 e. The highest BCUT2D eigenvalue weighted by molar-refractivity contribution is 7.14. The van der Waals surface area contributed by atoms with Crippen molar-refractivity contribution in [3.8, 4) is 0 Å². The summed E-state index contributed by atoms with van der Waals surface area (Å²) in [5.41, 5.74) is 0.770. The van der Waals surface area contributed by atoms with Gasteiger partial charge in [0.05, 0.1) is 11.8 Å². The highest BCUT2D eigenvalue weighted by Gasteiger charge is 2.11. The monoisotopic (exact) mass is 236 g/mol. The molecule has 0 spiro atoms. The number of ketones is 1. The van der Waals surface area contributed by atoms with Gasteiger partial charge in [0.2, 0.25) is 0 Å². The van der Waals surface area contributed by atoms with Crippen LogP contribution < -0.4 is 5.32 Å². The Bertz CT molecular complexity index is 517. The summed E-state index contributed by atoms with van der Waals surface area (Å²) in [6.45, 7) is 1.43. The first-order valence-corrected chi connectivity index (χ1v) is 5.31. The number of amides is 1. The van der Waals surface area contributed by atoms with E-state index in [9.17, 15) is 9.59 Å². The van der Waals surface area contributed by atoms with E-state index in [-0.39, 0.29) is 11.7 Å². The van der Waals surface area contributed by atoms with Gasteiger partial charge in [-0.2, -0.15) is 5.10 Å². The third kappa shape index (κ3) is 2.14. The fourth-order valence-electron chi connectivity index (χ4n) is 1.04. The van der Waals surface area contributed by atoms with Crippen LogP contribution in [0.15, 0.2) is 17.8 Å². The van der Waals surface area contributed by atoms with Gasteiger partial charge in [-0.15, -0.1) is 11.3 Å². The molecule has 82 valence electrons. The van der Waals surface area contributed by atoms with Crippen LogP contribution in [0.1, 0.15) is 27.8 Å². The molecule has 0 aromatic carbocycles. The topological polar surface area (TPSA) is 87.7 Å². The lowest BCUT2D eigenvalue weighted by Gasteiger charge is -1.96. The van der Waals surface area contributed by atoms with E-state index in [4.69, 9.17) is 0 Å². The third-order valence-electron chi connectivity index (χ3n) is 1.85. The van der Waals surface area contributed by atoms with Crippen LogP contribution in [0.2, 0.25) is 0 Å². The fourth-order valence-corrected chi connectivity index (χ4v) is 1.78. The number of anilines is 1. The lowest BCUT2D eigenvalue weighted by molar-refractivity contribution is 0.100. The number of hydrogen-bond acceptors (Lipinski definition) is 5. The van der Waals surface area contributed by atoms with Gasteiger partial charge in [0.1, 0.15) is 5.69 Å². The van der Waals surface area contributed by atoms with Crippen LogP contribution in [-0.4, -0.2) is 26.9 Å². The minimum atomic E-state index is -0.307. The van der Waals surface area contributed by atoms with E-state index in [2.05, 4.69) is 20.5 Å². The molecule has 0 radical (unpaired) electrons. The molecule has 2 rings (SSSR count). The number of H-pyrrole nitrogens is 1. The Morgan fingerprint density at radius 1 is 1.50 bits per heavy atom. The molecule has 2 N–H and O–H groups in total. The standard InChI is InChI=1S/C9H8N4O2S/c1-5(14)7-4-16-9(12-7)13-8(15)6-2-10-11-3-6/h2-4H,1H3,(H,10,11)(H,12,13,15). The molecule has 2 heterocycles. The Morgan fingerprint density at radius 3 is 2.88 bits per heavy atom. The summed E-state index contributed by atoms with van der Waals surface area (Å²) < 4.78 is 0. The number of nitrogens with zero attached hydrogens (tertiary/aromatic N) is 2. The molecule has 0 aliphatic heterocycles. The van der Waals surface area contributed by atoms with Crippen LogP contribution in [0.4, 0.5) is 5.13 Å². The van der Waals surface area contributed by atoms with Gasteiger partial charge < -0.3 is 0 Å². The molecule has 1 amide bonds. The number of thiazole rings is 1. The predicted octanol–water partition coefficient (Wildman–Crippen LogP) is 1.32. The second-order valence-corrected chi connectivity index (χ2v) is 3.89. The first-order valence-electron chi connectivity index (χ1n) is 4.43. The van der Waals surface area contributed by atoms with E-state index >= 15 is 0 Å². The van der Waals surface area contributed by atoms with Crippen molar-refractivity contribution in [3.63, 3.8) is 0 Å². The normalized spacial score (nSPS) is 10.1. The number of carbonyl (C=O) groups excluding carboxylic acids is 2. The van der Waals surface area contributed by atoms with Crippen molar-refractivity contribution in [3.05, 3.63) is 29.0 Å². The van der Waals surface area contributed by atoms with E-state index in [0.717, 1.165) is 0 Å². The molecule has 0 aliphatic carbocycles. The van der Waals surface area contributed by atoms with Crippen molar-refractivity contribution >= 4 is 28.2 Å². The number of carbonyl (C=O) groups is 2. The Labute approximate surface area is 94.7 Å². The maximum atomic E-state index is 11.6. The smallest absolute Gasteiger partial charge is 0.260 e. The van der Waals surface area contributed by atoms with Gasteiger partial charge in [0.25, 0.3) is 5.91 Å². The van der Waals surface area contributed by atoms with Gasteiger partial charge in [0, 0.05) is 18.5 Å². The van der Waals surface area contributed by atoms with Crippen LogP contribution in [0, 0.1) is 0 Å².